The van der Waals surface area contributed by atoms with Crippen molar-refractivity contribution in [3.05, 3.63) is 0 Å². The van der Waals surface area contributed by atoms with Crippen molar-refractivity contribution in [1.82, 2.24) is 3.11 Å². The second-order valence-electron chi connectivity index (χ2n) is 2.05. The monoisotopic (exact) mass is 245 g/mol. The van der Waals surface area contributed by atoms with E-state index in [0.29, 0.717) is 0 Å². The van der Waals surface area contributed by atoms with Crippen LogP contribution in [-0.4, -0.2) is 32.9 Å². The molecule has 1 N–H and O–H groups in total. The Balaban J connectivity index is 2.50. The number of hydrogen-bond acceptors (Lipinski definition) is 2. The molecule has 0 aromatic heterocycles. The van der Waals surface area contributed by atoms with Crippen LogP contribution in [0.3, 0.4) is 0 Å². The van der Waals surface area contributed by atoms with E-state index in [1.807, 2.05) is 22.9 Å². The molecule has 0 aromatic rings. The van der Waals surface area contributed by atoms with Gasteiger partial charge in [-0.15, -0.1) is 0 Å². The third kappa shape index (κ3) is 1.16. The zero-order chi connectivity index (χ0) is 7.07. The van der Waals surface area contributed by atoms with E-state index in [4.69, 9.17) is 5.11 Å². The number of aliphatic carboxylic acids is 1. The van der Waals surface area contributed by atoms with Crippen molar-refractivity contribution in [2.45, 2.75) is 5.67 Å². The highest BCUT2D eigenvalue weighted by Gasteiger charge is 2.49. The van der Waals surface area contributed by atoms with Crippen molar-refractivity contribution in [1.29, 1.82) is 0 Å². The van der Waals surface area contributed by atoms with Gasteiger partial charge in [-0.2, -0.15) is 0 Å². The summed E-state index contributed by atoms with van der Waals surface area (Å²) in [7, 11) is 0. The van der Waals surface area contributed by atoms with Crippen LogP contribution in [0.1, 0.15) is 0 Å². The minimum atomic E-state index is -1.97. The first kappa shape index (κ1) is 7.20. The Morgan fingerprint density at radius 1 is 1.78 bits per heavy atom. The predicted molar refractivity (Wildman–Crippen MR) is 37.1 cm³/mol. The lowest BCUT2D eigenvalue weighted by atomic mass is 10.0. The van der Waals surface area contributed by atoms with Gasteiger partial charge in [-0.05, 0) is 0 Å². The van der Waals surface area contributed by atoms with Gasteiger partial charge in [-0.1, -0.05) is 0 Å². The van der Waals surface area contributed by atoms with Crippen molar-refractivity contribution in [2.24, 2.45) is 0 Å². The van der Waals surface area contributed by atoms with Gasteiger partial charge in [0.05, 0.1) is 13.1 Å². The summed E-state index contributed by atoms with van der Waals surface area (Å²) in [5.41, 5.74) is -1.97. The average Bonchev–Trinajstić information content (AvgIpc) is 1.62. The number of halogens is 2. The van der Waals surface area contributed by atoms with Crippen LogP contribution < -0.4 is 0 Å². The molecule has 1 rings (SSSR count). The molecule has 1 aliphatic heterocycles. The Morgan fingerprint density at radius 2 is 2.22 bits per heavy atom. The highest BCUT2D eigenvalue weighted by atomic mass is 127. The molecule has 0 aromatic carbocycles. The molecule has 0 saturated carbocycles. The van der Waals surface area contributed by atoms with Crippen molar-refractivity contribution in [3.8, 4) is 0 Å². The average molecular weight is 245 g/mol. The van der Waals surface area contributed by atoms with E-state index >= 15 is 0 Å². The molecule has 0 spiro atoms. The van der Waals surface area contributed by atoms with Gasteiger partial charge in [-0.25, -0.2) is 12.3 Å². The van der Waals surface area contributed by atoms with Crippen LogP contribution in [0, 0.1) is 0 Å². The zero-order valence-electron chi connectivity index (χ0n) is 4.47. The van der Waals surface area contributed by atoms with Crippen LogP contribution in [0.15, 0.2) is 0 Å². The minimum Gasteiger partial charge on any atom is -0.479 e. The summed E-state index contributed by atoms with van der Waals surface area (Å²) in [6.45, 7) is 0.00574. The SMILES string of the molecule is O=C(O)C1(F)CN(I)C1. The van der Waals surface area contributed by atoms with Gasteiger partial charge in [0.25, 0.3) is 0 Å². The number of carboxylic acid groups (broad SMARTS) is 1. The molecule has 0 radical (unpaired) electrons. The van der Waals surface area contributed by atoms with Gasteiger partial charge in [0.1, 0.15) is 0 Å². The third-order valence-corrected chi connectivity index (χ3v) is 1.91. The van der Waals surface area contributed by atoms with E-state index in [1.165, 1.54) is 0 Å². The summed E-state index contributed by atoms with van der Waals surface area (Å²) in [5, 5.41) is 8.21. The van der Waals surface area contributed by atoms with Crippen LogP contribution in [0.25, 0.3) is 0 Å². The van der Waals surface area contributed by atoms with Crippen molar-refractivity contribution < 1.29 is 14.3 Å². The fourth-order valence-electron chi connectivity index (χ4n) is 0.633. The molecule has 0 bridgehead atoms. The summed E-state index contributed by atoms with van der Waals surface area (Å²) >= 11 is 1.88. The number of hydrogen-bond donors (Lipinski definition) is 1. The number of alkyl halides is 1. The third-order valence-electron chi connectivity index (χ3n) is 1.23. The zero-order valence-corrected chi connectivity index (χ0v) is 6.63. The first-order valence-electron chi connectivity index (χ1n) is 2.38. The van der Waals surface area contributed by atoms with Gasteiger partial charge in [-0.3, -0.25) is 0 Å². The van der Waals surface area contributed by atoms with Gasteiger partial charge in [0.2, 0.25) is 5.67 Å². The highest BCUT2D eigenvalue weighted by molar-refractivity contribution is 14.1. The molecule has 1 aliphatic rings. The van der Waals surface area contributed by atoms with Crippen molar-refractivity contribution in [3.63, 3.8) is 0 Å². The Bertz CT molecular complexity index is 146. The fraction of sp³-hybridized carbons (Fsp3) is 0.750. The minimum absolute atomic E-state index is 0.00287. The second kappa shape index (κ2) is 2.05. The Morgan fingerprint density at radius 3 is 2.33 bits per heavy atom. The van der Waals surface area contributed by atoms with E-state index < -0.39 is 11.6 Å². The topological polar surface area (TPSA) is 40.5 Å². The largest absolute Gasteiger partial charge is 0.479 e. The van der Waals surface area contributed by atoms with Crippen LogP contribution in [-0.2, 0) is 4.79 Å². The quantitative estimate of drug-likeness (QED) is 0.538. The molecule has 9 heavy (non-hydrogen) atoms. The normalized spacial score (nSPS) is 25.1. The first-order valence-corrected chi connectivity index (χ1v) is 3.34. The molecule has 0 amide bonds. The maximum Gasteiger partial charge on any atom is 0.344 e. The number of carbonyl (C=O) groups is 1. The van der Waals surface area contributed by atoms with E-state index in [1.54, 1.807) is 3.11 Å². The molecule has 52 valence electrons. The lowest BCUT2D eigenvalue weighted by Crippen LogP contribution is -2.59. The van der Waals surface area contributed by atoms with E-state index in [0.717, 1.165) is 0 Å². The first-order chi connectivity index (χ1) is 4.04. The van der Waals surface area contributed by atoms with Gasteiger partial charge >= 0.3 is 5.97 Å². The van der Waals surface area contributed by atoms with Crippen LogP contribution in [0.2, 0.25) is 0 Å². The van der Waals surface area contributed by atoms with E-state index in [9.17, 15) is 9.18 Å². The lowest BCUT2D eigenvalue weighted by molar-refractivity contribution is -0.157. The second-order valence-corrected chi connectivity index (χ2v) is 3.41. The molecule has 0 aliphatic carbocycles. The molecular weight excluding hydrogens is 240 g/mol. The molecule has 1 heterocycles. The number of nitrogens with zero attached hydrogens (tertiary/aromatic N) is 1. The summed E-state index contributed by atoms with van der Waals surface area (Å²) < 4.78 is 14.2. The van der Waals surface area contributed by atoms with Crippen LogP contribution >= 0.6 is 22.9 Å². The Kier molecular flexibility index (Phi) is 1.64. The standard InChI is InChI=1S/C4H5FINO2/c5-4(3(8)9)1-7(6)2-4/h1-2H2,(H,8,9). The molecule has 0 atom stereocenters. The summed E-state index contributed by atoms with van der Waals surface area (Å²) in [4.78, 5) is 10.0. The maximum atomic E-state index is 12.6. The Labute approximate surface area is 65.3 Å². The van der Waals surface area contributed by atoms with E-state index in [-0.39, 0.29) is 13.1 Å². The molecule has 3 nitrogen and oxygen atoms in total. The molecule has 1 fully saturated rings. The van der Waals surface area contributed by atoms with E-state index in [2.05, 4.69) is 0 Å². The molecule has 1 saturated heterocycles. The van der Waals surface area contributed by atoms with Crippen LogP contribution in [0.4, 0.5) is 4.39 Å². The van der Waals surface area contributed by atoms with Crippen molar-refractivity contribution in [2.75, 3.05) is 13.1 Å². The Hall–Kier alpha value is 0.0900. The van der Waals surface area contributed by atoms with Crippen LogP contribution in [0.5, 0.6) is 0 Å². The fourth-order valence-corrected chi connectivity index (χ4v) is 1.71. The molecule has 5 heteroatoms. The molecular formula is C4H5FINO2. The van der Waals surface area contributed by atoms with Crippen molar-refractivity contribution >= 4 is 28.8 Å². The highest BCUT2D eigenvalue weighted by Crippen LogP contribution is 2.28. The summed E-state index contributed by atoms with van der Waals surface area (Å²) in [5.74, 6) is -1.35. The maximum absolute atomic E-state index is 12.6. The van der Waals surface area contributed by atoms with Gasteiger partial charge < -0.3 is 5.11 Å². The van der Waals surface area contributed by atoms with Gasteiger partial charge in [0, 0.05) is 22.9 Å². The van der Waals surface area contributed by atoms with Gasteiger partial charge in [0.15, 0.2) is 0 Å². The smallest absolute Gasteiger partial charge is 0.344 e. The summed E-state index contributed by atoms with van der Waals surface area (Å²) in [6.07, 6.45) is 0. The predicted octanol–water partition coefficient (Wildman–Crippen LogP) is 0.445. The number of rotatable bonds is 1. The summed E-state index contributed by atoms with van der Waals surface area (Å²) in [6, 6.07) is 0. The number of carboxylic acids is 1. The lowest BCUT2D eigenvalue weighted by Gasteiger charge is -2.36. The molecule has 0 unspecified atom stereocenters.